The molecule has 0 fully saturated rings. The Kier molecular flexibility index (Phi) is 8.80. The topological polar surface area (TPSA) is 94.2 Å². The number of amides is 1. The standard InChI is InChI=1S/C26H32N2O6S/c1-15(29)27-19-9-7-16-13-21(34-23(31)11-12-28(2)3)25(32-4)26(33-5)24(16)17-8-10-22(35-6)20(30)14-18(17)19/h8,10,13-14,19H,7,9,11-12H2,1-6H3,(H,27,29). The summed E-state index contributed by atoms with van der Waals surface area (Å²) in [6.07, 6.45) is 3.19. The van der Waals surface area contributed by atoms with Crippen molar-refractivity contribution in [3.8, 4) is 28.4 Å². The number of carbonyl (C=O) groups excluding carboxylic acids is 2. The van der Waals surface area contributed by atoms with Crippen LogP contribution in [0.25, 0.3) is 11.1 Å². The molecular formula is C26H32N2O6S. The summed E-state index contributed by atoms with van der Waals surface area (Å²) in [6.45, 7) is 2.02. The van der Waals surface area contributed by atoms with Gasteiger partial charge in [-0.1, -0.05) is 6.07 Å². The van der Waals surface area contributed by atoms with Crippen molar-refractivity contribution in [2.45, 2.75) is 37.1 Å². The van der Waals surface area contributed by atoms with E-state index in [0.717, 1.165) is 16.7 Å². The van der Waals surface area contributed by atoms with Gasteiger partial charge in [0.2, 0.25) is 11.7 Å². The Labute approximate surface area is 209 Å². The van der Waals surface area contributed by atoms with Crippen molar-refractivity contribution >= 4 is 23.6 Å². The largest absolute Gasteiger partial charge is 0.492 e. The zero-order chi connectivity index (χ0) is 25.7. The van der Waals surface area contributed by atoms with Gasteiger partial charge in [0, 0.05) is 19.0 Å². The molecule has 1 N–H and O–H groups in total. The normalized spacial score (nSPS) is 14.4. The molecular weight excluding hydrogens is 468 g/mol. The van der Waals surface area contributed by atoms with E-state index in [4.69, 9.17) is 14.2 Å². The number of fused-ring (bicyclic) bond motifs is 3. The summed E-state index contributed by atoms with van der Waals surface area (Å²) in [5.41, 5.74) is 2.98. The lowest BCUT2D eigenvalue weighted by Gasteiger charge is -2.20. The van der Waals surface area contributed by atoms with E-state index in [-0.39, 0.29) is 35.5 Å². The quantitative estimate of drug-likeness (QED) is 0.335. The van der Waals surface area contributed by atoms with Gasteiger partial charge in [0.25, 0.3) is 0 Å². The summed E-state index contributed by atoms with van der Waals surface area (Å²) in [5, 5.41) is 2.98. The van der Waals surface area contributed by atoms with Crippen LogP contribution in [0.15, 0.2) is 34.0 Å². The van der Waals surface area contributed by atoms with Crippen LogP contribution in [0, 0.1) is 0 Å². The van der Waals surface area contributed by atoms with Crippen LogP contribution in [-0.2, 0) is 16.0 Å². The Balaban J connectivity index is 2.25. The fourth-order valence-electron chi connectivity index (χ4n) is 4.27. The maximum atomic E-state index is 12.9. The average molecular weight is 501 g/mol. The van der Waals surface area contributed by atoms with E-state index in [9.17, 15) is 14.4 Å². The second-order valence-electron chi connectivity index (χ2n) is 8.57. The summed E-state index contributed by atoms with van der Waals surface area (Å²) in [7, 11) is 6.79. The van der Waals surface area contributed by atoms with Crippen LogP contribution in [0.2, 0.25) is 0 Å². The molecule has 35 heavy (non-hydrogen) atoms. The zero-order valence-electron chi connectivity index (χ0n) is 21.0. The van der Waals surface area contributed by atoms with Crippen LogP contribution in [0.1, 0.15) is 36.9 Å². The van der Waals surface area contributed by atoms with Crippen molar-refractivity contribution in [2.24, 2.45) is 0 Å². The lowest BCUT2D eigenvalue weighted by Crippen LogP contribution is -2.26. The number of nitrogens with one attached hydrogen (secondary N) is 1. The Morgan fingerprint density at radius 1 is 1.14 bits per heavy atom. The zero-order valence-corrected chi connectivity index (χ0v) is 21.8. The smallest absolute Gasteiger partial charge is 0.312 e. The maximum absolute atomic E-state index is 12.9. The van der Waals surface area contributed by atoms with Gasteiger partial charge in [0.15, 0.2) is 16.9 Å². The van der Waals surface area contributed by atoms with Crippen molar-refractivity contribution in [2.75, 3.05) is 41.1 Å². The number of nitrogens with zero attached hydrogens (tertiary/aromatic N) is 1. The highest BCUT2D eigenvalue weighted by Crippen LogP contribution is 2.50. The number of carbonyl (C=O) groups is 2. The molecule has 1 atom stereocenters. The van der Waals surface area contributed by atoms with E-state index in [1.54, 1.807) is 18.2 Å². The van der Waals surface area contributed by atoms with Gasteiger partial charge in [-0.3, -0.25) is 14.4 Å². The molecule has 1 unspecified atom stereocenters. The first-order valence-electron chi connectivity index (χ1n) is 11.3. The minimum absolute atomic E-state index is 0.116. The summed E-state index contributed by atoms with van der Waals surface area (Å²) in [5.74, 6) is 0.426. The Morgan fingerprint density at radius 3 is 2.46 bits per heavy atom. The minimum Gasteiger partial charge on any atom is -0.492 e. The van der Waals surface area contributed by atoms with Crippen LogP contribution in [0.5, 0.6) is 17.2 Å². The molecule has 0 aromatic heterocycles. The summed E-state index contributed by atoms with van der Waals surface area (Å²) >= 11 is 1.37. The third-order valence-electron chi connectivity index (χ3n) is 5.87. The van der Waals surface area contributed by atoms with Gasteiger partial charge in [-0.2, -0.15) is 0 Å². The van der Waals surface area contributed by atoms with Gasteiger partial charge in [-0.15, -0.1) is 11.8 Å². The van der Waals surface area contributed by atoms with Crippen LogP contribution < -0.4 is 25.0 Å². The predicted molar refractivity (Wildman–Crippen MR) is 137 cm³/mol. The van der Waals surface area contributed by atoms with E-state index in [0.29, 0.717) is 41.3 Å². The lowest BCUT2D eigenvalue weighted by molar-refractivity contribution is -0.134. The van der Waals surface area contributed by atoms with E-state index in [1.807, 2.05) is 31.3 Å². The second-order valence-corrected chi connectivity index (χ2v) is 9.42. The molecule has 0 bridgehead atoms. The van der Waals surface area contributed by atoms with Crippen molar-refractivity contribution < 1.29 is 23.8 Å². The molecule has 8 nitrogen and oxygen atoms in total. The number of thioether (sulfide) groups is 1. The third kappa shape index (κ3) is 5.97. The number of benzene rings is 1. The number of ether oxygens (including phenoxy) is 3. The van der Waals surface area contributed by atoms with Gasteiger partial charge in [0.1, 0.15) is 0 Å². The minimum atomic E-state index is -0.379. The molecule has 9 heteroatoms. The van der Waals surface area contributed by atoms with Crippen LogP contribution >= 0.6 is 11.8 Å². The molecule has 1 aliphatic carbocycles. The van der Waals surface area contributed by atoms with Crippen LogP contribution in [0.4, 0.5) is 0 Å². The Bertz CT molecular complexity index is 1180. The van der Waals surface area contributed by atoms with E-state index < -0.39 is 0 Å². The van der Waals surface area contributed by atoms with E-state index in [2.05, 4.69) is 5.32 Å². The van der Waals surface area contributed by atoms with Gasteiger partial charge in [-0.25, -0.2) is 0 Å². The van der Waals surface area contributed by atoms with Gasteiger partial charge in [0.05, 0.1) is 31.6 Å². The highest BCUT2D eigenvalue weighted by atomic mass is 32.2. The fraction of sp³-hybridized carbons (Fsp3) is 0.423. The number of esters is 1. The molecule has 0 saturated carbocycles. The molecule has 1 amide bonds. The monoisotopic (exact) mass is 500 g/mol. The second kappa shape index (κ2) is 11.6. The van der Waals surface area contributed by atoms with Gasteiger partial charge >= 0.3 is 5.97 Å². The first kappa shape index (κ1) is 26.6. The third-order valence-corrected chi connectivity index (χ3v) is 6.64. The van der Waals surface area contributed by atoms with Crippen LogP contribution in [-0.4, -0.2) is 57.9 Å². The molecule has 1 aliphatic rings. The molecule has 0 saturated heterocycles. The van der Waals surface area contributed by atoms with Crippen LogP contribution in [0.3, 0.4) is 0 Å². The van der Waals surface area contributed by atoms with E-state index >= 15 is 0 Å². The van der Waals surface area contributed by atoms with E-state index in [1.165, 1.54) is 32.9 Å². The molecule has 0 radical (unpaired) electrons. The predicted octanol–water partition coefficient (Wildman–Crippen LogP) is 3.43. The summed E-state index contributed by atoms with van der Waals surface area (Å²) < 4.78 is 17.2. The van der Waals surface area contributed by atoms with Gasteiger partial charge in [-0.05, 0) is 68.1 Å². The van der Waals surface area contributed by atoms with Crippen molar-refractivity contribution in [3.05, 3.63) is 45.6 Å². The molecule has 0 aliphatic heterocycles. The molecule has 3 rings (SSSR count). The SMILES string of the molecule is COc1c(OC(=O)CCN(C)C)cc2c(c1OC)-c1ccc(SC)c(=O)cc1C(NC(C)=O)CC2. The molecule has 2 aromatic carbocycles. The number of methoxy groups -OCH3 is 2. The highest BCUT2D eigenvalue weighted by Gasteiger charge is 2.30. The fourth-order valence-corrected chi connectivity index (χ4v) is 4.74. The number of hydrogen-bond acceptors (Lipinski definition) is 8. The highest BCUT2D eigenvalue weighted by molar-refractivity contribution is 7.98. The summed E-state index contributed by atoms with van der Waals surface area (Å²) in [4.78, 5) is 39.9. The molecule has 0 spiro atoms. The van der Waals surface area contributed by atoms with Gasteiger partial charge < -0.3 is 24.4 Å². The molecule has 2 aromatic rings. The summed E-state index contributed by atoms with van der Waals surface area (Å²) in [6, 6.07) is 6.69. The Hall–Kier alpha value is -3.04. The number of aryl methyl sites for hydroxylation is 1. The molecule has 188 valence electrons. The first-order chi connectivity index (χ1) is 16.7. The molecule has 0 heterocycles. The average Bonchev–Trinajstić information content (AvgIpc) is 3.05. The Morgan fingerprint density at radius 2 is 1.86 bits per heavy atom. The maximum Gasteiger partial charge on any atom is 0.312 e. The lowest BCUT2D eigenvalue weighted by atomic mass is 9.95. The van der Waals surface area contributed by atoms with Crippen molar-refractivity contribution in [1.82, 2.24) is 10.2 Å². The number of hydrogen-bond donors (Lipinski definition) is 1. The number of rotatable bonds is 8. The van der Waals surface area contributed by atoms with Crippen molar-refractivity contribution in [1.29, 1.82) is 0 Å². The first-order valence-corrected chi connectivity index (χ1v) is 12.6. The van der Waals surface area contributed by atoms with Crippen molar-refractivity contribution in [3.63, 3.8) is 0 Å².